The highest BCUT2D eigenvalue weighted by molar-refractivity contribution is 7.92. The molecule has 18 heavy (non-hydrogen) atoms. The number of anilines is 2. The van der Waals surface area contributed by atoms with Crippen LogP contribution < -0.4 is 15.8 Å². The average molecular weight is 271 g/mol. The van der Waals surface area contributed by atoms with E-state index in [0.29, 0.717) is 17.8 Å². The van der Waals surface area contributed by atoms with Gasteiger partial charge in [-0.15, -0.1) is 0 Å². The van der Waals surface area contributed by atoms with Crippen molar-refractivity contribution in [1.82, 2.24) is 0 Å². The summed E-state index contributed by atoms with van der Waals surface area (Å²) in [5.74, 6) is -0.215. The molecule has 0 spiro atoms. The van der Waals surface area contributed by atoms with E-state index in [9.17, 15) is 13.2 Å². The number of hydrogen-bond donors (Lipinski definition) is 3. The van der Waals surface area contributed by atoms with Crippen molar-refractivity contribution < 1.29 is 13.2 Å². The van der Waals surface area contributed by atoms with Crippen LogP contribution in [0.15, 0.2) is 24.3 Å². The molecule has 0 saturated carbocycles. The van der Waals surface area contributed by atoms with Gasteiger partial charge in [0.05, 0.1) is 12.3 Å². The Labute approximate surface area is 107 Å². The predicted octanol–water partition coefficient (Wildman–Crippen LogP) is 0.736. The second-order valence-electron chi connectivity index (χ2n) is 3.75. The first-order chi connectivity index (χ1) is 8.46. The lowest BCUT2D eigenvalue weighted by Crippen LogP contribution is -2.21. The number of rotatable bonds is 6. The number of hydrogen-bond acceptors (Lipinski definition) is 4. The molecule has 1 amide bonds. The number of nitrogens with two attached hydrogens (primary N) is 1. The summed E-state index contributed by atoms with van der Waals surface area (Å²) in [6, 6.07) is 6.38. The number of carbonyl (C=O) groups is 1. The highest BCUT2D eigenvalue weighted by Gasteiger charge is 2.08. The van der Waals surface area contributed by atoms with Crippen molar-refractivity contribution in [1.29, 1.82) is 0 Å². The highest BCUT2D eigenvalue weighted by Crippen LogP contribution is 2.14. The van der Waals surface area contributed by atoms with E-state index in [4.69, 9.17) is 5.73 Å². The standard InChI is InChI=1S/C11H17N3O3S/c1-2-7-18(16,17)14-10-5-3-9(4-6-10)13-11(15)8-12/h3-6,14H,2,7-8,12H2,1H3,(H,13,15). The van der Waals surface area contributed by atoms with Crippen molar-refractivity contribution in [2.75, 3.05) is 22.3 Å². The van der Waals surface area contributed by atoms with Gasteiger partial charge in [-0.3, -0.25) is 9.52 Å². The minimum Gasteiger partial charge on any atom is -0.325 e. The molecule has 0 saturated heterocycles. The van der Waals surface area contributed by atoms with Crippen molar-refractivity contribution in [3.05, 3.63) is 24.3 Å². The Morgan fingerprint density at radius 2 is 1.78 bits per heavy atom. The zero-order valence-corrected chi connectivity index (χ0v) is 11.0. The van der Waals surface area contributed by atoms with Crippen LogP contribution >= 0.6 is 0 Å². The number of benzene rings is 1. The molecule has 0 heterocycles. The summed E-state index contributed by atoms with van der Waals surface area (Å²) >= 11 is 0. The van der Waals surface area contributed by atoms with Crippen LogP contribution in [0.3, 0.4) is 0 Å². The van der Waals surface area contributed by atoms with Crippen LogP contribution in [0.5, 0.6) is 0 Å². The van der Waals surface area contributed by atoms with Gasteiger partial charge < -0.3 is 11.1 Å². The summed E-state index contributed by atoms with van der Waals surface area (Å²) in [5, 5.41) is 2.57. The lowest BCUT2D eigenvalue weighted by atomic mass is 10.3. The van der Waals surface area contributed by atoms with Gasteiger partial charge in [0, 0.05) is 11.4 Å². The first kappa shape index (κ1) is 14.5. The second-order valence-corrected chi connectivity index (χ2v) is 5.59. The minimum atomic E-state index is -3.28. The first-order valence-electron chi connectivity index (χ1n) is 5.57. The van der Waals surface area contributed by atoms with Crippen molar-refractivity contribution in [3.8, 4) is 0 Å². The van der Waals surface area contributed by atoms with Crippen molar-refractivity contribution in [2.45, 2.75) is 13.3 Å². The fourth-order valence-electron chi connectivity index (χ4n) is 1.33. The molecule has 1 rings (SSSR count). The first-order valence-corrected chi connectivity index (χ1v) is 7.22. The molecule has 1 aromatic carbocycles. The zero-order chi connectivity index (χ0) is 13.6. The van der Waals surface area contributed by atoms with E-state index in [1.807, 2.05) is 0 Å². The van der Waals surface area contributed by atoms with Gasteiger partial charge in [0.25, 0.3) is 0 Å². The van der Waals surface area contributed by atoms with Gasteiger partial charge in [0.2, 0.25) is 15.9 Å². The molecule has 0 aliphatic rings. The third-order valence-corrected chi connectivity index (χ3v) is 3.59. The van der Waals surface area contributed by atoms with Crippen LogP contribution in [0.2, 0.25) is 0 Å². The zero-order valence-electron chi connectivity index (χ0n) is 10.1. The van der Waals surface area contributed by atoms with E-state index in [0.717, 1.165) is 0 Å². The molecule has 0 atom stereocenters. The molecule has 0 unspecified atom stereocenters. The van der Waals surface area contributed by atoms with Gasteiger partial charge in [-0.1, -0.05) is 6.92 Å². The molecule has 1 aromatic rings. The molecular formula is C11H17N3O3S. The van der Waals surface area contributed by atoms with Gasteiger partial charge in [-0.25, -0.2) is 8.42 Å². The maximum absolute atomic E-state index is 11.5. The Morgan fingerprint density at radius 1 is 1.22 bits per heavy atom. The van der Waals surface area contributed by atoms with Gasteiger partial charge in [-0.2, -0.15) is 0 Å². The summed E-state index contributed by atoms with van der Waals surface area (Å²) in [7, 11) is -3.28. The molecule has 0 aliphatic carbocycles. The lowest BCUT2D eigenvalue weighted by Gasteiger charge is -2.08. The maximum Gasteiger partial charge on any atom is 0.238 e. The topological polar surface area (TPSA) is 101 Å². The maximum atomic E-state index is 11.5. The van der Waals surface area contributed by atoms with Crippen LogP contribution in [0.4, 0.5) is 11.4 Å². The van der Waals surface area contributed by atoms with E-state index in [1.54, 1.807) is 31.2 Å². The normalized spacial score (nSPS) is 11.0. The molecule has 7 heteroatoms. The third kappa shape index (κ3) is 4.72. The number of sulfonamides is 1. The van der Waals surface area contributed by atoms with Crippen molar-refractivity contribution >= 4 is 27.3 Å². The molecule has 100 valence electrons. The molecular weight excluding hydrogens is 254 g/mol. The molecule has 4 N–H and O–H groups in total. The largest absolute Gasteiger partial charge is 0.325 e. The van der Waals surface area contributed by atoms with Crippen molar-refractivity contribution in [3.63, 3.8) is 0 Å². The molecule has 0 aromatic heterocycles. The monoisotopic (exact) mass is 271 g/mol. The van der Waals surface area contributed by atoms with Gasteiger partial charge in [0.1, 0.15) is 0 Å². The van der Waals surface area contributed by atoms with Gasteiger partial charge in [-0.05, 0) is 30.7 Å². The number of amides is 1. The Hall–Kier alpha value is -1.60. The molecule has 0 bridgehead atoms. The SMILES string of the molecule is CCCS(=O)(=O)Nc1ccc(NC(=O)CN)cc1. The highest BCUT2D eigenvalue weighted by atomic mass is 32.2. The number of nitrogens with one attached hydrogen (secondary N) is 2. The van der Waals surface area contributed by atoms with Gasteiger partial charge in [0.15, 0.2) is 0 Å². The molecule has 0 radical (unpaired) electrons. The summed E-state index contributed by atoms with van der Waals surface area (Å²) in [4.78, 5) is 11.0. The van der Waals surface area contributed by atoms with Gasteiger partial charge >= 0.3 is 0 Å². The second kappa shape index (κ2) is 6.36. The summed E-state index contributed by atoms with van der Waals surface area (Å²) < 4.78 is 25.5. The smallest absolute Gasteiger partial charge is 0.238 e. The summed E-state index contributed by atoms with van der Waals surface area (Å²) in [6.07, 6.45) is 0.556. The Kier molecular flexibility index (Phi) is 5.11. The minimum absolute atomic E-state index is 0.0820. The lowest BCUT2D eigenvalue weighted by molar-refractivity contribution is -0.114. The predicted molar refractivity (Wildman–Crippen MR) is 71.8 cm³/mol. The van der Waals surface area contributed by atoms with E-state index in [-0.39, 0.29) is 18.2 Å². The van der Waals surface area contributed by atoms with Crippen LogP contribution in [-0.4, -0.2) is 26.6 Å². The third-order valence-electron chi connectivity index (χ3n) is 2.10. The van der Waals surface area contributed by atoms with E-state index in [2.05, 4.69) is 10.0 Å². The van der Waals surface area contributed by atoms with Crippen molar-refractivity contribution in [2.24, 2.45) is 5.73 Å². The Balaban J connectivity index is 2.69. The number of carbonyl (C=O) groups excluding carboxylic acids is 1. The molecule has 6 nitrogen and oxygen atoms in total. The van der Waals surface area contributed by atoms with Crippen LogP contribution in [0.25, 0.3) is 0 Å². The van der Waals surface area contributed by atoms with Crippen LogP contribution in [-0.2, 0) is 14.8 Å². The molecule has 0 fully saturated rings. The molecule has 0 aliphatic heterocycles. The van der Waals surface area contributed by atoms with Crippen LogP contribution in [0.1, 0.15) is 13.3 Å². The fourth-order valence-corrected chi connectivity index (χ4v) is 2.47. The fraction of sp³-hybridized carbons (Fsp3) is 0.364. The van der Waals surface area contributed by atoms with E-state index in [1.165, 1.54) is 0 Å². The summed E-state index contributed by atoms with van der Waals surface area (Å²) in [5.41, 5.74) is 6.20. The van der Waals surface area contributed by atoms with E-state index >= 15 is 0 Å². The van der Waals surface area contributed by atoms with Crippen LogP contribution in [0, 0.1) is 0 Å². The van der Waals surface area contributed by atoms with E-state index < -0.39 is 10.0 Å². The quantitative estimate of drug-likeness (QED) is 0.710. The Bertz CT molecular complexity index is 497. The Morgan fingerprint density at radius 3 is 2.28 bits per heavy atom. The average Bonchev–Trinajstić information content (AvgIpc) is 2.31. The summed E-state index contributed by atoms with van der Waals surface area (Å²) in [6.45, 7) is 1.70.